The maximum Gasteiger partial charge on any atom is 0.221 e. The second kappa shape index (κ2) is 8.12. The fourth-order valence-corrected chi connectivity index (χ4v) is 1.85. The zero-order valence-electron chi connectivity index (χ0n) is 9.38. The normalized spacial score (nSPS) is 14.9. The largest absolute Gasteiger partial charge is 0.353 e. The fraction of sp³-hybridized carbons (Fsp3) is 0.900. The topological polar surface area (TPSA) is 55.1 Å². The Morgan fingerprint density at radius 3 is 2.50 bits per heavy atom. The van der Waals surface area contributed by atoms with Crippen LogP contribution in [0.25, 0.3) is 0 Å². The van der Waals surface area contributed by atoms with Crippen molar-refractivity contribution in [2.24, 2.45) is 5.73 Å². The molecule has 0 aromatic heterocycles. The second-order valence-corrected chi connectivity index (χ2v) is 4.41. The van der Waals surface area contributed by atoms with Crippen LogP contribution in [-0.2, 0) is 4.79 Å². The fourth-order valence-electron chi connectivity index (χ4n) is 1.13. The van der Waals surface area contributed by atoms with Gasteiger partial charge in [0.15, 0.2) is 0 Å². The number of carbonyl (C=O) groups excluding carboxylic acids is 1. The Morgan fingerprint density at radius 1 is 1.43 bits per heavy atom. The van der Waals surface area contributed by atoms with E-state index in [1.165, 1.54) is 0 Å². The Kier molecular flexibility index (Phi) is 7.99. The van der Waals surface area contributed by atoms with E-state index >= 15 is 0 Å². The van der Waals surface area contributed by atoms with Gasteiger partial charge in [0.2, 0.25) is 5.91 Å². The summed E-state index contributed by atoms with van der Waals surface area (Å²) >= 11 is 1.75. The third kappa shape index (κ3) is 6.27. The van der Waals surface area contributed by atoms with Crippen LogP contribution in [0, 0.1) is 0 Å². The molecule has 0 heterocycles. The molecule has 0 aliphatic carbocycles. The van der Waals surface area contributed by atoms with Gasteiger partial charge in [0.1, 0.15) is 0 Å². The molecule has 0 bridgehead atoms. The SMILES string of the molecule is CCC(N)CC(=O)NC(CC)CSC. The van der Waals surface area contributed by atoms with Crippen molar-refractivity contribution in [1.29, 1.82) is 0 Å². The van der Waals surface area contributed by atoms with Crippen molar-refractivity contribution in [1.82, 2.24) is 5.32 Å². The Morgan fingerprint density at radius 2 is 2.07 bits per heavy atom. The molecule has 0 aromatic carbocycles. The Labute approximate surface area is 91.2 Å². The van der Waals surface area contributed by atoms with Gasteiger partial charge in [-0.15, -0.1) is 0 Å². The molecular formula is C10H22N2OS. The van der Waals surface area contributed by atoms with Crippen LogP contribution in [0.2, 0.25) is 0 Å². The Hall–Kier alpha value is -0.220. The van der Waals surface area contributed by atoms with Crippen molar-refractivity contribution in [3.63, 3.8) is 0 Å². The molecule has 0 spiro atoms. The van der Waals surface area contributed by atoms with E-state index in [1.807, 2.05) is 13.2 Å². The summed E-state index contributed by atoms with van der Waals surface area (Å²) in [4.78, 5) is 11.5. The number of nitrogens with one attached hydrogen (secondary N) is 1. The maximum atomic E-state index is 11.5. The molecule has 14 heavy (non-hydrogen) atoms. The van der Waals surface area contributed by atoms with Gasteiger partial charge in [0, 0.05) is 24.3 Å². The molecule has 0 fully saturated rings. The molecule has 1 amide bonds. The summed E-state index contributed by atoms with van der Waals surface area (Å²) in [6.07, 6.45) is 4.33. The van der Waals surface area contributed by atoms with Gasteiger partial charge in [-0.25, -0.2) is 0 Å². The van der Waals surface area contributed by atoms with Gasteiger partial charge in [-0.3, -0.25) is 4.79 Å². The third-order valence-electron chi connectivity index (χ3n) is 2.20. The van der Waals surface area contributed by atoms with Crippen LogP contribution in [-0.4, -0.2) is 30.0 Å². The van der Waals surface area contributed by atoms with Crippen LogP contribution >= 0.6 is 11.8 Å². The summed E-state index contributed by atoms with van der Waals surface area (Å²) in [5, 5.41) is 2.99. The highest BCUT2D eigenvalue weighted by Crippen LogP contribution is 2.02. The van der Waals surface area contributed by atoms with Crippen molar-refractivity contribution in [2.45, 2.75) is 45.2 Å². The summed E-state index contributed by atoms with van der Waals surface area (Å²) < 4.78 is 0. The van der Waals surface area contributed by atoms with Crippen molar-refractivity contribution in [2.75, 3.05) is 12.0 Å². The lowest BCUT2D eigenvalue weighted by atomic mass is 10.1. The zero-order chi connectivity index (χ0) is 11.0. The van der Waals surface area contributed by atoms with Gasteiger partial charge in [-0.1, -0.05) is 13.8 Å². The van der Waals surface area contributed by atoms with Gasteiger partial charge < -0.3 is 11.1 Å². The lowest BCUT2D eigenvalue weighted by Crippen LogP contribution is -2.39. The lowest BCUT2D eigenvalue weighted by Gasteiger charge is -2.17. The average molecular weight is 218 g/mol. The molecule has 0 radical (unpaired) electrons. The highest BCUT2D eigenvalue weighted by atomic mass is 32.2. The van der Waals surface area contributed by atoms with Crippen molar-refractivity contribution >= 4 is 17.7 Å². The van der Waals surface area contributed by atoms with E-state index in [4.69, 9.17) is 5.73 Å². The van der Waals surface area contributed by atoms with Crippen LogP contribution in [0.1, 0.15) is 33.1 Å². The molecular weight excluding hydrogens is 196 g/mol. The molecule has 84 valence electrons. The van der Waals surface area contributed by atoms with Crippen LogP contribution in [0.3, 0.4) is 0 Å². The molecule has 4 heteroatoms. The predicted octanol–water partition coefficient (Wildman–Crippen LogP) is 1.37. The minimum Gasteiger partial charge on any atom is -0.353 e. The van der Waals surface area contributed by atoms with E-state index in [-0.39, 0.29) is 11.9 Å². The molecule has 0 aromatic rings. The quantitative estimate of drug-likeness (QED) is 0.678. The molecule has 0 aliphatic heterocycles. The highest BCUT2D eigenvalue weighted by Gasteiger charge is 2.11. The number of hydrogen-bond acceptors (Lipinski definition) is 3. The van der Waals surface area contributed by atoms with Crippen molar-refractivity contribution < 1.29 is 4.79 Å². The van der Waals surface area contributed by atoms with Gasteiger partial charge in [0.05, 0.1) is 0 Å². The highest BCUT2D eigenvalue weighted by molar-refractivity contribution is 7.98. The number of amides is 1. The number of rotatable bonds is 7. The van der Waals surface area contributed by atoms with E-state index < -0.39 is 0 Å². The first-order valence-electron chi connectivity index (χ1n) is 5.17. The summed E-state index contributed by atoms with van der Waals surface area (Å²) in [5.74, 6) is 1.06. The molecule has 3 nitrogen and oxygen atoms in total. The number of nitrogens with two attached hydrogens (primary N) is 1. The number of thioether (sulfide) groups is 1. The smallest absolute Gasteiger partial charge is 0.221 e. The van der Waals surface area contributed by atoms with Crippen LogP contribution < -0.4 is 11.1 Å². The van der Waals surface area contributed by atoms with E-state index in [2.05, 4.69) is 12.2 Å². The monoisotopic (exact) mass is 218 g/mol. The molecule has 3 N–H and O–H groups in total. The maximum absolute atomic E-state index is 11.5. The van der Waals surface area contributed by atoms with Gasteiger partial charge in [-0.05, 0) is 19.1 Å². The first-order valence-corrected chi connectivity index (χ1v) is 6.57. The minimum absolute atomic E-state index is 0.00165. The summed E-state index contributed by atoms with van der Waals surface area (Å²) in [5.41, 5.74) is 5.70. The van der Waals surface area contributed by atoms with E-state index in [1.54, 1.807) is 11.8 Å². The summed E-state index contributed by atoms with van der Waals surface area (Å²) in [7, 11) is 0. The molecule has 0 saturated carbocycles. The van der Waals surface area contributed by atoms with E-state index in [9.17, 15) is 4.79 Å². The van der Waals surface area contributed by atoms with E-state index in [0.717, 1.165) is 18.6 Å². The first-order chi connectivity index (χ1) is 6.63. The molecule has 0 aliphatic rings. The van der Waals surface area contributed by atoms with Gasteiger partial charge in [-0.2, -0.15) is 11.8 Å². The van der Waals surface area contributed by atoms with Gasteiger partial charge >= 0.3 is 0 Å². The molecule has 2 unspecified atom stereocenters. The predicted molar refractivity (Wildman–Crippen MR) is 63.5 cm³/mol. The Balaban J connectivity index is 3.78. The third-order valence-corrected chi connectivity index (χ3v) is 2.93. The molecule has 2 atom stereocenters. The zero-order valence-corrected chi connectivity index (χ0v) is 10.2. The molecule has 0 rings (SSSR count). The standard InChI is InChI=1S/C10H22N2OS/c1-4-8(11)6-10(13)12-9(5-2)7-14-3/h8-9H,4-7,11H2,1-3H3,(H,12,13). The average Bonchev–Trinajstić information content (AvgIpc) is 2.16. The summed E-state index contributed by atoms with van der Waals surface area (Å²) in [6, 6.07) is 0.295. The first kappa shape index (κ1) is 13.8. The Bertz CT molecular complexity index is 164. The van der Waals surface area contributed by atoms with Crippen LogP contribution in [0.5, 0.6) is 0 Å². The summed E-state index contributed by atoms with van der Waals surface area (Å²) in [6.45, 7) is 4.08. The van der Waals surface area contributed by atoms with Crippen molar-refractivity contribution in [3.05, 3.63) is 0 Å². The van der Waals surface area contributed by atoms with Crippen LogP contribution in [0.4, 0.5) is 0 Å². The van der Waals surface area contributed by atoms with Crippen LogP contribution in [0.15, 0.2) is 0 Å². The minimum atomic E-state index is 0.00165. The number of hydrogen-bond donors (Lipinski definition) is 2. The second-order valence-electron chi connectivity index (χ2n) is 3.50. The lowest BCUT2D eigenvalue weighted by molar-refractivity contribution is -0.122. The van der Waals surface area contributed by atoms with E-state index in [0.29, 0.717) is 12.5 Å². The number of carbonyl (C=O) groups is 1. The van der Waals surface area contributed by atoms with Gasteiger partial charge in [0.25, 0.3) is 0 Å². The molecule has 0 saturated heterocycles. The van der Waals surface area contributed by atoms with Crippen molar-refractivity contribution in [3.8, 4) is 0 Å².